The Morgan fingerprint density at radius 2 is 1.63 bits per heavy atom. The number of cyclic esters (lactones) is 1. The summed E-state index contributed by atoms with van der Waals surface area (Å²) in [7, 11) is 0. The van der Waals surface area contributed by atoms with Crippen molar-refractivity contribution in [2.24, 2.45) is 0 Å². The van der Waals surface area contributed by atoms with Crippen molar-refractivity contribution >= 4 is 28.0 Å². The molecule has 0 spiro atoms. The number of nitrogens with zero attached hydrogens (tertiary/aromatic N) is 1. The third-order valence-corrected chi connectivity index (χ3v) is 6.49. The van der Waals surface area contributed by atoms with Crippen LogP contribution in [0.5, 0.6) is 17.2 Å². The summed E-state index contributed by atoms with van der Waals surface area (Å²) in [6.45, 7) is 1.33. The Hall–Kier alpha value is -3.94. The van der Waals surface area contributed by atoms with Crippen LogP contribution in [0.15, 0.2) is 65.1 Å². The Morgan fingerprint density at radius 1 is 0.976 bits per heavy atom. The van der Waals surface area contributed by atoms with E-state index in [4.69, 9.17) is 19.3 Å². The number of ether oxygens (including phenoxy) is 3. The molecule has 3 aromatic carbocycles. The highest BCUT2D eigenvalue weighted by atomic mass is 79.9. The lowest BCUT2D eigenvalue weighted by molar-refractivity contribution is -0.143. The van der Waals surface area contributed by atoms with Gasteiger partial charge in [-0.1, -0.05) is 28.1 Å². The van der Waals surface area contributed by atoms with E-state index >= 15 is 0 Å². The number of carbonyl (C=O) groups is 2. The van der Waals surface area contributed by atoms with E-state index in [9.17, 15) is 35.9 Å². The molecule has 0 aromatic heterocycles. The molecule has 218 valence electrons. The molecule has 0 radical (unpaired) electrons. The predicted octanol–water partition coefficient (Wildman–Crippen LogP) is 7.65. The normalized spacial score (nSPS) is 17.4. The van der Waals surface area contributed by atoms with E-state index < -0.39 is 53.6 Å². The van der Waals surface area contributed by atoms with E-state index in [-0.39, 0.29) is 19.0 Å². The van der Waals surface area contributed by atoms with E-state index in [2.05, 4.69) is 15.9 Å². The van der Waals surface area contributed by atoms with Gasteiger partial charge >= 0.3 is 24.4 Å². The second kappa shape index (κ2) is 11.5. The number of rotatable bonds is 8. The highest BCUT2D eigenvalue weighted by molar-refractivity contribution is 9.10. The highest BCUT2D eigenvalue weighted by Gasteiger charge is 2.42. The average Bonchev–Trinajstić information content (AvgIpc) is 3.11. The van der Waals surface area contributed by atoms with Gasteiger partial charge in [0.15, 0.2) is 0 Å². The van der Waals surface area contributed by atoms with E-state index in [1.165, 1.54) is 11.8 Å². The van der Waals surface area contributed by atoms with Crippen LogP contribution in [-0.4, -0.2) is 34.4 Å². The SMILES string of the molecule is C[C@@H]1[C@@H](Oc2cc(C(F)(F)F)cc(C(F)(F)F)c2)OC(=O)N1Cc1cc(Br)ccc1Oc1cccc(CC(=O)O)c1. The Balaban J connectivity index is 1.55. The topological polar surface area (TPSA) is 85.3 Å². The third kappa shape index (κ3) is 7.43. The van der Waals surface area contributed by atoms with Crippen LogP contribution in [0.25, 0.3) is 0 Å². The molecule has 0 bridgehead atoms. The molecule has 1 fully saturated rings. The molecule has 0 unspecified atom stereocenters. The minimum absolute atomic E-state index is 0.0323. The summed E-state index contributed by atoms with van der Waals surface area (Å²) in [5.74, 6) is -1.16. The highest BCUT2D eigenvalue weighted by Crippen LogP contribution is 2.39. The number of carboxylic acids is 1. The van der Waals surface area contributed by atoms with Crippen molar-refractivity contribution in [3.63, 3.8) is 0 Å². The number of alkyl halides is 6. The maximum absolute atomic E-state index is 13.2. The van der Waals surface area contributed by atoms with Crippen LogP contribution >= 0.6 is 15.9 Å². The Labute approximate surface area is 237 Å². The summed E-state index contributed by atoms with van der Waals surface area (Å²) >= 11 is 3.34. The molecule has 1 saturated heterocycles. The lowest BCUT2D eigenvalue weighted by atomic mass is 10.1. The van der Waals surface area contributed by atoms with Crippen molar-refractivity contribution in [1.29, 1.82) is 0 Å². The monoisotopic (exact) mass is 647 g/mol. The first-order chi connectivity index (χ1) is 19.1. The number of carboxylic acid groups (broad SMARTS) is 1. The fourth-order valence-electron chi connectivity index (χ4n) is 4.01. The summed E-state index contributed by atoms with van der Waals surface area (Å²) in [6.07, 6.45) is -12.8. The number of aliphatic carboxylic acids is 1. The van der Waals surface area contributed by atoms with Gasteiger partial charge in [0.25, 0.3) is 6.29 Å². The number of benzene rings is 3. The van der Waals surface area contributed by atoms with Crippen molar-refractivity contribution in [2.75, 3.05) is 0 Å². The molecule has 1 N–H and O–H groups in total. The molecule has 4 rings (SSSR count). The van der Waals surface area contributed by atoms with Crippen LogP contribution < -0.4 is 9.47 Å². The Morgan fingerprint density at radius 3 is 2.24 bits per heavy atom. The fraction of sp³-hybridized carbons (Fsp3) is 0.259. The van der Waals surface area contributed by atoms with Gasteiger partial charge in [-0.25, -0.2) is 4.79 Å². The summed E-state index contributed by atoms with van der Waals surface area (Å²) < 4.78 is 96.5. The van der Waals surface area contributed by atoms with Gasteiger partial charge in [-0.15, -0.1) is 0 Å². The van der Waals surface area contributed by atoms with Crippen LogP contribution in [0, 0.1) is 0 Å². The zero-order valence-electron chi connectivity index (χ0n) is 20.9. The second-order valence-corrected chi connectivity index (χ2v) is 9.97. The molecule has 1 heterocycles. The van der Waals surface area contributed by atoms with Gasteiger partial charge in [-0.05, 0) is 61.0 Å². The van der Waals surface area contributed by atoms with Crippen LogP contribution in [0.3, 0.4) is 0 Å². The van der Waals surface area contributed by atoms with E-state index in [0.29, 0.717) is 39.2 Å². The van der Waals surface area contributed by atoms with Gasteiger partial charge < -0.3 is 19.3 Å². The summed E-state index contributed by atoms with van der Waals surface area (Å²) in [5.41, 5.74) is -2.18. The van der Waals surface area contributed by atoms with Gasteiger partial charge in [0.05, 0.1) is 24.1 Å². The third-order valence-electron chi connectivity index (χ3n) is 6.00. The first-order valence-corrected chi connectivity index (χ1v) is 12.6. The van der Waals surface area contributed by atoms with E-state index in [1.54, 1.807) is 42.5 Å². The Kier molecular flexibility index (Phi) is 8.43. The van der Waals surface area contributed by atoms with Crippen molar-refractivity contribution in [3.8, 4) is 17.2 Å². The second-order valence-electron chi connectivity index (χ2n) is 9.05. The van der Waals surface area contributed by atoms with Crippen molar-refractivity contribution in [3.05, 3.63) is 87.4 Å². The smallest absolute Gasteiger partial charge is 0.416 e. The Bertz CT molecular complexity index is 1430. The predicted molar refractivity (Wildman–Crippen MR) is 134 cm³/mol. The molecule has 3 aromatic rings. The first kappa shape index (κ1) is 30.0. The van der Waals surface area contributed by atoms with E-state index in [1.807, 2.05) is 0 Å². The van der Waals surface area contributed by atoms with Crippen LogP contribution in [0.4, 0.5) is 31.1 Å². The molecule has 0 saturated carbocycles. The fourth-order valence-corrected chi connectivity index (χ4v) is 4.42. The summed E-state index contributed by atoms with van der Waals surface area (Å²) in [6, 6.07) is 11.1. The molecule has 0 aliphatic carbocycles. The molecular weight excluding hydrogens is 628 g/mol. The minimum Gasteiger partial charge on any atom is -0.481 e. The average molecular weight is 648 g/mol. The molecule has 7 nitrogen and oxygen atoms in total. The molecule has 14 heteroatoms. The zero-order valence-corrected chi connectivity index (χ0v) is 22.5. The van der Waals surface area contributed by atoms with Gasteiger partial charge in [-0.3, -0.25) is 9.69 Å². The maximum atomic E-state index is 13.2. The molecule has 2 atom stereocenters. The lowest BCUT2D eigenvalue weighted by Crippen LogP contribution is -2.36. The maximum Gasteiger partial charge on any atom is 0.416 e. The number of hydrogen-bond donors (Lipinski definition) is 1. The molecular formula is C27H20BrF6NO6. The molecule has 41 heavy (non-hydrogen) atoms. The zero-order chi connectivity index (χ0) is 30.1. The van der Waals surface area contributed by atoms with Crippen molar-refractivity contribution < 1.29 is 55.2 Å². The lowest BCUT2D eigenvalue weighted by Gasteiger charge is -2.23. The summed E-state index contributed by atoms with van der Waals surface area (Å²) in [4.78, 5) is 24.9. The number of halogens is 7. The van der Waals surface area contributed by atoms with Crippen LogP contribution in [0.1, 0.15) is 29.2 Å². The first-order valence-electron chi connectivity index (χ1n) is 11.8. The number of hydrogen-bond acceptors (Lipinski definition) is 5. The largest absolute Gasteiger partial charge is 0.481 e. The van der Waals surface area contributed by atoms with Gasteiger partial charge in [0.1, 0.15) is 23.3 Å². The van der Waals surface area contributed by atoms with E-state index in [0.717, 1.165) is 0 Å². The summed E-state index contributed by atoms with van der Waals surface area (Å²) in [5, 5.41) is 9.04. The van der Waals surface area contributed by atoms with Gasteiger partial charge in [0, 0.05) is 10.0 Å². The van der Waals surface area contributed by atoms with Gasteiger partial charge in [0.2, 0.25) is 0 Å². The number of amides is 1. The standard InChI is InChI=1S/C27H20BrF6NO6/c1-14-24(40-21-11-17(26(29,30)31)10-18(12-21)27(32,33)34)41-25(38)35(14)13-16-9-19(28)5-6-22(16)39-20-4-2-3-15(7-20)8-23(36)37/h2-7,9-12,14,24H,8,13H2,1H3,(H,36,37)/t14-,24+/m1/s1. The molecule has 1 amide bonds. The van der Waals surface area contributed by atoms with Crippen LogP contribution in [0.2, 0.25) is 0 Å². The number of carbonyl (C=O) groups excluding carboxylic acids is 1. The molecule has 1 aliphatic heterocycles. The molecule has 1 aliphatic rings. The minimum atomic E-state index is -5.08. The quantitative estimate of drug-likeness (QED) is 0.253. The van der Waals surface area contributed by atoms with Crippen molar-refractivity contribution in [2.45, 2.75) is 44.6 Å². The van der Waals surface area contributed by atoms with Crippen molar-refractivity contribution in [1.82, 2.24) is 4.90 Å². The van der Waals surface area contributed by atoms with Crippen LogP contribution in [-0.2, 0) is 34.8 Å². The van der Waals surface area contributed by atoms with Gasteiger partial charge in [-0.2, -0.15) is 26.3 Å².